The molecule has 11 heavy (non-hydrogen) atoms. The van der Waals surface area contributed by atoms with Crippen molar-refractivity contribution in [1.82, 2.24) is 0 Å². The van der Waals surface area contributed by atoms with Gasteiger partial charge < -0.3 is 0 Å². The molecule has 0 saturated carbocycles. The van der Waals surface area contributed by atoms with E-state index in [0.29, 0.717) is 4.75 Å². The van der Waals surface area contributed by atoms with E-state index in [-0.39, 0.29) is 0 Å². The number of allylic oxidation sites excluding steroid dienone is 1. The zero-order valence-corrected chi connectivity index (χ0v) is 9.05. The van der Waals surface area contributed by atoms with Gasteiger partial charge in [-0.05, 0) is 17.7 Å². The normalized spacial score (nSPS) is 11.6. The van der Waals surface area contributed by atoms with Crippen molar-refractivity contribution in [1.29, 1.82) is 0 Å². The lowest BCUT2D eigenvalue weighted by molar-refractivity contribution is 0.789. The highest BCUT2D eigenvalue weighted by molar-refractivity contribution is 8.04. The molecular formula is C10H20S. The molecule has 0 unspecified atom stereocenters. The van der Waals surface area contributed by atoms with E-state index in [9.17, 15) is 0 Å². The topological polar surface area (TPSA) is 0 Å². The monoisotopic (exact) mass is 172 g/mol. The Labute approximate surface area is 75.5 Å². The third kappa shape index (κ3) is 7.99. The maximum Gasteiger partial charge on any atom is 0.0119 e. The van der Waals surface area contributed by atoms with E-state index in [2.05, 4.69) is 34.3 Å². The van der Waals surface area contributed by atoms with E-state index >= 15 is 0 Å². The average Bonchev–Trinajstić information content (AvgIpc) is 1.79. The molecule has 0 atom stereocenters. The Hall–Kier alpha value is 0.0900. The molecular weight excluding hydrogens is 152 g/mol. The second-order valence-corrected chi connectivity index (χ2v) is 5.86. The second-order valence-electron chi connectivity index (χ2n) is 3.86. The van der Waals surface area contributed by atoms with Gasteiger partial charge in [0.05, 0.1) is 0 Å². The molecule has 0 aromatic carbocycles. The molecule has 0 aliphatic heterocycles. The van der Waals surface area contributed by atoms with Gasteiger partial charge in [-0.25, -0.2) is 0 Å². The van der Waals surface area contributed by atoms with Crippen molar-refractivity contribution < 1.29 is 0 Å². The summed E-state index contributed by atoms with van der Waals surface area (Å²) >= 11 is 1.90. The molecule has 0 nitrogen and oxygen atoms in total. The number of rotatable bonds is 4. The summed E-state index contributed by atoms with van der Waals surface area (Å²) in [5.74, 6) is 0. The maximum atomic E-state index is 4.04. The zero-order chi connectivity index (χ0) is 8.91. The standard InChI is InChI=1S/C10H20S/c1-6-7-8-9(2)11-10(3,4)5/h2,6-8H2,1,3-5H3. The first-order valence-corrected chi connectivity index (χ1v) is 5.14. The van der Waals surface area contributed by atoms with E-state index in [1.165, 1.54) is 24.2 Å². The Morgan fingerprint density at radius 2 is 1.91 bits per heavy atom. The lowest BCUT2D eigenvalue weighted by Gasteiger charge is -2.18. The van der Waals surface area contributed by atoms with Crippen LogP contribution in [0.5, 0.6) is 0 Å². The molecule has 0 aromatic rings. The van der Waals surface area contributed by atoms with Crippen LogP contribution in [0.4, 0.5) is 0 Å². The van der Waals surface area contributed by atoms with E-state index in [4.69, 9.17) is 0 Å². The van der Waals surface area contributed by atoms with Crippen molar-refractivity contribution in [3.63, 3.8) is 0 Å². The first-order chi connectivity index (χ1) is 4.95. The summed E-state index contributed by atoms with van der Waals surface area (Å²) in [5, 5.41) is 0. The summed E-state index contributed by atoms with van der Waals surface area (Å²) in [6, 6.07) is 0. The molecule has 0 fully saturated rings. The average molecular weight is 172 g/mol. The van der Waals surface area contributed by atoms with Crippen molar-refractivity contribution >= 4 is 11.8 Å². The van der Waals surface area contributed by atoms with Gasteiger partial charge >= 0.3 is 0 Å². The highest BCUT2D eigenvalue weighted by Crippen LogP contribution is 2.32. The summed E-state index contributed by atoms with van der Waals surface area (Å²) in [4.78, 5) is 1.33. The molecule has 0 spiro atoms. The first kappa shape index (κ1) is 11.1. The molecule has 66 valence electrons. The predicted molar refractivity (Wildman–Crippen MR) is 56.0 cm³/mol. The Bertz CT molecular complexity index is 119. The molecule has 0 bridgehead atoms. The summed E-state index contributed by atoms with van der Waals surface area (Å²) in [7, 11) is 0. The molecule has 0 N–H and O–H groups in total. The smallest absolute Gasteiger partial charge is 0.0119 e. The minimum absolute atomic E-state index is 0.338. The van der Waals surface area contributed by atoms with Crippen molar-refractivity contribution in [3.8, 4) is 0 Å². The molecule has 0 aliphatic rings. The van der Waals surface area contributed by atoms with E-state index in [0.717, 1.165) is 0 Å². The lowest BCUT2D eigenvalue weighted by Crippen LogP contribution is -2.06. The van der Waals surface area contributed by atoms with Crippen LogP contribution in [-0.4, -0.2) is 4.75 Å². The fraction of sp³-hybridized carbons (Fsp3) is 0.800. The summed E-state index contributed by atoms with van der Waals surface area (Å²) in [5.41, 5.74) is 0. The van der Waals surface area contributed by atoms with Crippen LogP contribution in [0.25, 0.3) is 0 Å². The fourth-order valence-corrected chi connectivity index (χ4v) is 1.97. The van der Waals surface area contributed by atoms with Crippen LogP contribution in [0, 0.1) is 0 Å². The van der Waals surface area contributed by atoms with Crippen LogP contribution >= 0.6 is 11.8 Å². The van der Waals surface area contributed by atoms with Crippen molar-refractivity contribution in [2.75, 3.05) is 0 Å². The van der Waals surface area contributed by atoms with Gasteiger partial charge in [0, 0.05) is 4.75 Å². The zero-order valence-electron chi connectivity index (χ0n) is 8.24. The Morgan fingerprint density at radius 3 is 2.27 bits per heavy atom. The third-order valence-electron chi connectivity index (χ3n) is 1.26. The van der Waals surface area contributed by atoms with Crippen LogP contribution in [-0.2, 0) is 0 Å². The molecule has 0 aromatic heterocycles. The molecule has 1 heteroatoms. The van der Waals surface area contributed by atoms with Gasteiger partial charge in [0.25, 0.3) is 0 Å². The van der Waals surface area contributed by atoms with Crippen LogP contribution < -0.4 is 0 Å². The maximum absolute atomic E-state index is 4.04. The molecule has 0 amide bonds. The van der Waals surface area contributed by atoms with Crippen LogP contribution in [0.15, 0.2) is 11.5 Å². The van der Waals surface area contributed by atoms with Gasteiger partial charge in [0.2, 0.25) is 0 Å². The molecule has 0 radical (unpaired) electrons. The third-order valence-corrected chi connectivity index (χ3v) is 2.36. The van der Waals surface area contributed by atoms with Gasteiger partial charge in [-0.2, -0.15) is 0 Å². The van der Waals surface area contributed by atoms with Gasteiger partial charge in [0.15, 0.2) is 0 Å². The number of hydrogen-bond acceptors (Lipinski definition) is 1. The number of thioether (sulfide) groups is 1. The van der Waals surface area contributed by atoms with E-state index in [1.807, 2.05) is 11.8 Å². The van der Waals surface area contributed by atoms with Crippen molar-refractivity contribution in [2.45, 2.75) is 51.7 Å². The van der Waals surface area contributed by atoms with E-state index in [1.54, 1.807) is 0 Å². The molecule has 0 aliphatic carbocycles. The number of hydrogen-bond donors (Lipinski definition) is 0. The van der Waals surface area contributed by atoms with Gasteiger partial charge in [-0.15, -0.1) is 11.8 Å². The lowest BCUT2D eigenvalue weighted by atomic mass is 10.2. The largest absolute Gasteiger partial charge is 0.125 e. The summed E-state index contributed by atoms with van der Waals surface area (Å²) in [6.07, 6.45) is 3.73. The predicted octanol–water partition coefficient (Wildman–Crippen LogP) is 4.22. The minimum atomic E-state index is 0.338. The summed E-state index contributed by atoms with van der Waals surface area (Å²) in [6.45, 7) is 13.0. The van der Waals surface area contributed by atoms with Crippen LogP contribution in [0.3, 0.4) is 0 Å². The van der Waals surface area contributed by atoms with Crippen LogP contribution in [0.1, 0.15) is 47.0 Å². The minimum Gasteiger partial charge on any atom is -0.125 e. The fourth-order valence-electron chi connectivity index (χ4n) is 0.858. The van der Waals surface area contributed by atoms with Gasteiger partial charge in [0.1, 0.15) is 0 Å². The molecule has 0 heterocycles. The number of unbranched alkanes of at least 4 members (excludes halogenated alkanes) is 1. The molecule has 0 rings (SSSR count). The van der Waals surface area contributed by atoms with Gasteiger partial charge in [-0.3, -0.25) is 0 Å². The quantitative estimate of drug-likeness (QED) is 0.612. The van der Waals surface area contributed by atoms with Gasteiger partial charge in [-0.1, -0.05) is 40.7 Å². The van der Waals surface area contributed by atoms with Crippen LogP contribution in [0.2, 0.25) is 0 Å². The summed E-state index contributed by atoms with van der Waals surface area (Å²) < 4.78 is 0.338. The second kappa shape index (κ2) is 4.87. The first-order valence-electron chi connectivity index (χ1n) is 4.32. The highest BCUT2D eigenvalue weighted by Gasteiger charge is 2.11. The Kier molecular flexibility index (Phi) is 4.91. The Morgan fingerprint density at radius 1 is 1.36 bits per heavy atom. The van der Waals surface area contributed by atoms with Crippen molar-refractivity contribution in [2.24, 2.45) is 0 Å². The Balaban J connectivity index is 3.53. The highest BCUT2D eigenvalue weighted by atomic mass is 32.2. The molecule has 0 saturated heterocycles. The van der Waals surface area contributed by atoms with E-state index < -0.39 is 0 Å². The van der Waals surface area contributed by atoms with Crippen molar-refractivity contribution in [3.05, 3.63) is 11.5 Å². The SMILES string of the molecule is C=C(CCCC)SC(C)(C)C.